The molecule has 0 bridgehead atoms. The predicted molar refractivity (Wildman–Crippen MR) is 104 cm³/mol. The number of aromatic nitrogens is 2. The molecular weight excluding hydrogens is 422 g/mol. The van der Waals surface area contributed by atoms with Gasteiger partial charge < -0.3 is 14.9 Å². The smallest absolute Gasteiger partial charge is 0.475 e. The second-order valence-electron chi connectivity index (χ2n) is 7.53. The number of amides is 1. The summed E-state index contributed by atoms with van der Waals surface area (Å²) in [6.07, 6.45) is -0.198. The molecule has 1 amide bonds. The van der Waals surface area contributed by atoms with E-state index in [1.54, 1.807) is 0 Å². The summed E-state index contributed by atoms with van der Waals surface area (Å²) >= 11 is 0. The molecule has 2 aliphatic heterocycles. The highest BCUT2D eigenvalue weighted by Crippen LogP contribution is 2.35. The van der Waals surface area contributed by atoms with E-state index in [1.165, 1.54) is 0 Å². The number of aliphatic carboxylic acids is 1. The Morgan fingerprint density at radius 1 is 1.29 bits per heavy atom. The van der Waals surface area contributed by atoms with Crippen LogP contribution in [-0.4, -0.2) is 87.2 Å². The normalized spacial score (nSPS) is 22.0. The number of carboxylic acids is 1. The van der Waals surface area contributed by atoms with E-state index in [0.29, 0.717) is 32.0 Å². The minimum absolute atomic E-state index is 0.162. The standard InChI is InChI=1S/C17H24FN5O.C2HF3O2/c1-4-6-22-8-9-23(13(2)3)15(24)17(22)5-7-21(12-17)16-19-10-14(18)11-20-16;3-2(4,5)1(6)7/h4,10-11,13H,1,5-9,12H2,2-3H3;(H,6,7). The predicted octanol–water partition coefficient (Wildman–Crippen LogP) is 1.94. The van der Waals surface area contributed by atoms with Crippen molar-refractivity contribution in [3.63, 3.8) is 0 Å². The molecule has 0 aromatic carbocycles. The highest BCUT2D eigenvalue weighted by molar-refractivity contribution is 5.89. The van der Waals surface area contributed by atoms with E-state index in [-0.39, 0.29) is 11.9 Å². The van der Waals surface area contributed by atoms with Crippen LogP contribution in [0.25, 0.3) is 0 Å². The Morgan fingerprint density at radius 3 is 2.35 bits per heavy atom. The van der Waals surface area contributed by atoms with Gasteiger partial charge in [0, 0.05) is 38.8 Å². The molecule has 0 radical (unpaired) electrons. The van der Waals surface area contributed by atoms with Crippen molar-refractivity contribution < 1.29 is 32.3 Å². The van der Waals surface area contributed by atoms with E-state index in [2.05, 4.69) is 21.4 Å². The van der Waals surface area contributed by atoms with Gasteiger partial charge in [0.05, 0.1) is 12.4 Å². The van der Waals surface area contributed by atoms with E-state index >= 15 is 0 Å². The first-order chi connectivity index (χ1) is 14.4. The first-order valence-electron chi connectivity index (χ1n) is 9.62. The van der Waals surface area contributed by atoms with E-state index in [9.17, 15) is 22.4 Å². The summed E-state index contributed by atoms with van der Waals surface area (Å²) in [7, 11) is 0. The van der Waals surface area contributed by atoms with Gasteiger partial charge in [-0.05, 0) is 20.3 Å². The lowest BCUT2D eigenvalue weighted by Gasteiger charge is -2.48. The molecular formula is C19H25F4N5O3. The van der Waals surface area contributed by atoms with E-state index in [1.807, 2.05) is 29.7 Å². The quantitative estimate of drug-likeness (QED) is 0.557. The molecule has 2 aliphatic rings. The zero-order valence-electron chi connectivity index (χ0n) is 17.3. The van der Waals surface area contributed by atoms with Crippen LogP contribution in [-0.2, 0) is 9.59 Å². The van der Waals surface area contributed by atoms with Gasteiger partial charge in [0.15, 0.2) is 5.82 Å². The third-order valence-electron chi connectivity index (χ3n) is 5.23. The lowest BCUT2D eigenvalue weighted by atomic mass is 9.90. The summed E-state index contributed by atoms with van der Waals surface area (Å²) in [6.45, 7) is 11.4. The minimum atomic E-state index is -5.08. The van der Waals surface area contributed by atoms with Gasteiger partial charge in [0.1, 0.15) is 5.54 Å². The molecule has 3 heterocycles. The third kappa shape index (κ3) is 5.49. The van der Waals surface area contributed by atoms with Crippen LogP contribution < -0.4 is 4.90 Å². The number of carbonyl (C=O) groups is 2. The van der Waals surface area contributed by atoms with Gasteiger partial charge in [-0.25, -0.2) is 19.2 Å². The molecule has 1 N–H and O–H groups in total. The zero-order chi connectivity index (χ0) is 23.4. The molecule has 0 saturated carbocycles. The highest BCUT2D eigenvalue weighted by atomic mass is 19.4. The van der Waals surface area contributed by atoms with Crippen molar-refractivity contribution in [2.45, 2.75) is 38.0 Å². The summed E-state index contributed by atoms with van der Waals surface area (Å²) in [5.41, 5.74) is -0.575. The molecule has 8 nitrogen and oxygen atoms in total. The lowest BCUT2D eigenvalue weighted by Crippen LogP contribution is -2.68. The number of carboxylic acid groups (broad SMARTS) is 1. The fourth-order valence-corrected chi connectivity index (χ4v) is 3.73. The van der Waals surface area contributed by atoms with Crippen LogP contribution in [0.3, 0.4) is 0 Å². The summed E-state index contributed by atoms with van der Waals surface area (Å²) in [4.78, 5) is 36.4. The number of anilines is 1. The van der Waals surface area contributed by atoms with Crippen molar-refractivity contribution in [3.05, 3.63) is 30.9 Å². The average molecular weight is 447 g/mol. The van der Waals surface area contributed by atoms with Gasteiger partial charge >= 0.3 is 12.1 Å². The van der Waals surface area contributed by atoms with Crippen molar-refractivity contribution in [2.24, 2.45) is 0 Å². The average Bonchev–Trinajstić information content (AvgIpc) is 3.12. The number of alkyl halides is 3. The summed E-state index contributed by atoms with van der Waals surface area (Å²) in [6, 6.07) is 0.177. The second kappa shape index (κ2) is 9.58. The zero-order valence-corrected chi connectivity index (χ0v) is 17.3. The van der Waals surface area contributed by atoms with Crippen LogP contribution in [0.2, 0.25) is 0 Å². The monoisotopic (exact) mass is 447 g/mol. The molecule has 1 spiro atoms. The maximum atomic E-state index is 13.2. The van der Waals surface area contributed by atoms with Crippen molar-refractivity contribution in [1.82, 2.24) is 19.8 Å². The summed E-state index contributed by atoms with van der Waals surface area (Å²) < 4.78 is 44.8. The van der Waals surface area contributed by atoms with Crippen molar-refractivity contribution in [1.29, 1.82) is 0 Å². The Labute approximate surface area is 177 Å². The second-order valence-corrected chi connectivity index (χ2v) is 7.53. The molecule has 1 aromatic rings. The Balaban J connectivity index is 0.000000423. The Hall–Kier alpha value is -2.76. The molecule has 2 saturated heterocycles. The Kier molecular flexibility index (Phi) is 7.58. The first-order valence-corrected chi connectivity index (χ1v) is 9.62. The molecule has 12 heteroatoms. The van der Waals surface area contributed by atoms with Crippen molar-refractivity contribution in [3.8, 4) is 0 Å². The summed E-state index contributed by atoms with van der Waals surface area (Å²) in [5.74, 6) is -2.58. The molecule has 0 aliphatic carbocycles. The molecule has 1 aromatic heterocycles. The number of halogens is 4. The number of hydrogen-bond donors (Lipinski definition) is 1. The maximum absolute atomic E-state index is 13.2. The van der Waals surface area contributed by atoms with E-state index in [4.69, 9.17) is 9.90 Å². The molecule has 1 unspecified atom stereocenters. The number of rotatable bonds is 4. The molecule has 3 rings (SSSR count). The van der Waals surface area contributed by atoms with Crippen LogP contribution in [0, 0.1) is 5.82 Å². The number of nitrogens with zero attached hydrogens (tertiary/aromatic N) is 5. The van der Waals surface area contributed by atoms with E-state index in [0.717, 1.165) is 25.5 Å². The summed E-state index contributed by atoms with van der Waals surface area (Å²) in [5, 5.41) is 7.12. The lowest BCUT2D eigenvalue weighted by molar-refractivity contribution is -0.192. The molecule has 2 fully saturated rings. The SMILES string of the molecule is C=CCN1CCN(C(C)C)C(=O)C12CCN(c1ncc(F)cn1)C2.O=C(O)C(F)(F)F. The fraction of sp³-hybridized carbons (Fsp3) is 0.579. The van der Waals surface area contributed by atoms with Gasteiger partial charge in [-0.15, -0.1) is 6.58 Å². The van der Waals surface area contributed by atoms with Gasteiger partial charge in [-0.3, -0.25) is 9.69 Å². The number of carbonyl (C=O) groups excluding carboxylic acids is 1. The van der Waals surface area contributed by atoms with Crippen molar-refractivity contribution in [2.75, 3.05) is 37.6 Å². The molecule has 172 valence electrons. The Morgan fingerprint density at radius 2 is 1.87 bits per heavy atom. The number of hydrogen-bond acceptors (Lipinski definition) is 6. The van der Waals surface area contributed by atoms with Crippen LogP contribution in [0.15, 0.2) is 25.0 Å². The third-order valence-corrected chi connectivity index (χ3v) is 5.23. The highest BCUT2D eigenvalue weighted by Gasteiger charge is 2.53. The van der Waals surface area contributed by atoms with Crippen LogP contribution >= 0.6 is 0 Å². The Bertz CT molecular complexity index is 803. The maximum Gasteiger partial charge on any atom is 0.490 e. The van der Waals surface area contributed by atoms with Gasteiger partial charge in [-0.1, -0.05) is 6.08 Å². The van der Waals surface area contributed by atoms with Gasteiger partial charge in [-0.2, -0.15) is 13.2 Å². The minimum Gasteiger partial charge on any atom is -0.475 e. The van der Waals surface area contributed by atoms with Crippen LogP contribution in [0.1, 0.15) is 20.3 Å². The molecule has 1 atom stereocenters. The van der Waals surface area contributed by atoms with Gasteiger partial charge in [0.2, 0.25) is 11.9 Å². The van der Waals surface area contributed by atoms with Crippen LogP contribution in [0.5, 0.6) is 0 Å². The number of piperazine rings is 1. The topological polar surface area (TPSA) is 89.9 Å². The fourth-order valence-electron chi connectivity index (χ4n) is 3.73. The van der Waals surface area contributed by atoms with E-state index < -0.39 is 23.5 Å². The van der Waals surface area contributed by atoms with Gasteiger partial charge in [0.25, 0.3) is 0 Å². The van der Waals surface area contributed by atoms with Crippen LogP contribution in [0.4, 0.5) is 23.5 Å². The molecule has 31 heavy (non-hydrogen) atoms. The van der Waals surface area contributed by atoms with Crippen molar-refractivity contribution >= 4 is 17.8 Å². The first kappa shape index (κ1) is 24.5. The largest absolute Gasteiger partial charge is 0.490 e.